The molecule has 0 spiro atoms. The molecule has 0 aliphatic carbocycles. The summed E-state index contributed by atoms with van der Waals surface area (Å²) in [5.74, 6) is 0. The fraction of sp³-hybridized carbons (Fsp3) is 0.700. The first-order valence-corrected chi connectivity index (χ1v) is 5.69. The molecular formula is C10H18N2S. The van der Waals surface area contributed by atoms with E-state index in [4.69, 9.17) is 5.73 Å². The summed E-state index contributed by atoms with van der Waals surface area (Å²) in [6, 6.07) is 0.273. The van der Waals surface area contributed by atoms with E-state index in [0.717, 1.165) is 19.3 Å². The Bertz CT molecular complexity index is 268. The van der Waals surface area contributed by atoms with E-state index in [0.29, 0.717) is 0 Å². The summed E-state index contributed by atoms with van der Waals surface area (Å²) in [5, 5.41) is 1.20. The van der Waals surface area contributed by atoms with Crippen molar-refractivity contribution in [1.29, 1.82) is 0 Å². The van der Waals surface area contributed by atoms with Crippen LogP contribution in [0.5, 0.6) is 0 Å². The predicted molar refractivity (Wildman–Crippen MR) is 58.2 cm³/mol. The highest BCUT2D eigenvalue weighted by atomic mass is 32.1. The SMILES string of the molecule is CCc1sc(CC(N)CC)nc1C. The van der Waals surface area contributed by atoms with Gasteiger partial charge in [-0.25, -0.2) is 4.98 Å². The molecule has 0 radical (unpaired) electrons. The van der Waals surface area contributed by atoms with Crippen molar-refractivity contribution in [2.45, 2.75) is 46.1 Å². The minimum atomic E-state index is 0.273. The molecule has 74 valence electrons. The van der Waals surface area contributed by atoms with Gasteiger partial charge in [0.15, 0.2) is 0 Å². The second kappa shape index (κ2) is 4.72. The molecule has 0 bridgehead atoms. The Balaban J connectivity index is 2.67. The van der Waals surface area contributed by atoms with Gasteiger partial charge in [-0.3, -0.25) is 0 Å². The smallest absolute Gasteiger partial charge is 0.0946 e. The van der Waals surface area contributed by atoms with Crippen molar-refractivity contribution in [3.8, 4) is 0 Å². The van der Waals surface area contributed by atoms with Crippen molar-refractivity contribution in [2.24, 2.45) is 5.73 Å². The number of thiazole rings is 1. The Morgan fingerprint density at radius 1 is 1.46 bits per heavy atom. The summed E-state index contributed by atoms with van der Waals surface area (Å²) in [6.45, 7) is 6.37. The van der Waals surface area contributed by atoms with E-state index in [2.05, 4.69) is 25.8 Å². The van der Waals surface area contributed by atoms with Crippen LogP contribution >= 0.6 is 11.3 Å². The highest BCUT2D eigenvalue weighted by Crippen LogP contribution is 2.19. The minimum Gasteiger partial charge on any atom is -0.327 e. The van der Waals surface area contributed by atoms with Crippen LogP contribution in [-0.4, -0.2) is 11.0 Å². The fourth-order valence-corrected chi connectivity index (χ4v) is 2.37. The summed E-state index contributed by atoms with van der Waals surface area (Å²) in [7, 11) is 0. The maximum Gasteiger partial charge on any atom is 0.0946 e. The molecule has 0 aliphatic rings. The lowest BCUT2D eigenvalue weighted by Gasteiger charge is -2.03. The van der Waals surface area contributed by atoms with Gasteiger partial charge in [0.05, 0.1) is 10.7 Å². The zero-order chi connectivity index (χ0) is 9.84. The Labute approximate surface area is 84.2 Å². The molecule has 1 aromatic rings. The molecule has 1 rings (SSSR count). The molecule has 1 atom stereocenters. The molecule has 0 fully saturated rings. The number of nitrogens with two attached hydrogens (primary N) is 1. The lowest BCUT2D eigenvalue weighted by molar-refractivity contribution is 0.643. The Kier molecular flexibility index (Phi) is 3.88. The molecule has 1 heterocycles. The molecule has 2 N–H and O–H groups in total. The number of rotatable bonds is 4. The van der Waals surface area contributed by atoms with E-state index < -0.39 is 0 Å². The maximum absolute atomic E-state index is 5.87. The number of hydrogen-bond acceptors (Lipinski definition) is 3. The summed E-state index contributed by atoms with van der Waals surface area (Å²) < 4.78 is 0. The van der Waals surface area contributed by atoms with Gasteiger partial charge >= 0.3 is 0 Å². The number of nitrogens with zero attached hydrogens (tertiary/aromatic N) is 1. The van der Waals surface area contributed by atoms with Gasteiger partial charge in [0, 0.05) is 17.3 Å². The first-order valence-electron chi connectivity index (χ1n) is 4.88. The zero-order valence-electron chi connectivity index (χ0n) is 8.63. The Morgan fingerprint density at radius 3 is 2.62 bits per heavy atom. The van der Waals surface area contributed by atoms with Crippen LogP contribution in [-0.2, 0) is 12.8 Å². The first-order chi connectivity index (χ1) is 6.17. The van der Waals surface area contributed by atoms with E-state index in [1.165, 1.54) is 15.6 Å². The van der Waals surface area contributed by atoms with Crippen molar-refractivity contribution in [1.82, 2.24) is 4.98 Å². The zero-order valence-corrected chi connectivity index (χ0v) is 9.45. The molecule has 1 aromatic heterocycles. The molecule has 2 nitrogen and oxygen atoms in total. The summed E-state index contributed by atoms with van der Waals surface area (Å²) >= 11 is 1.81. The molecule has 13 heavy (non-hydrogen) atoms. The largest absolute Gasteiger partial charge is 0.327 e. The number of hydrogen-bond donors (Lipinski definition) is 1. The van der Waals surface area contributed by atoms with Gasteiger partial charge < -0.3 is 5.73 Å². The Morgan fingerprint density at radius 2 is 2.15 bits per heavy atom. The Hall–Kier alpha value is -0.410. The van der Waals surface area contributed by atoms with Crippen molar-refractivity contribution in [3.63, 3.8) is 0 Å². The average Bonchev–Trinajstić information content (AvgIpc) is 2.46. The molecule has 1 unspecified atom stereocenters. The minimum absolute atomic E-state index is 0.273. The van der Waals surface area contributed by atoms with E-state index in [1.807, 2.05) is 11.3 Å². The highest BCUT2D eigenvalue weighted by molar-refractivity contribution is 7.11. The number of aryl methyl sites for hydroxylation is 2. The van der Waals surface area contributed by atoms with E-state index >= 15 is 0 Å². The molecule has 0 saturated heterocycles. The van der Waals surface area contributed by atoms with Gasteiger partial charge in [0.25, 0.3) is 0 Å². The highest BCUT2D eigenvalue weighted by Gasteiger charge is 2.08. The van der Waals surface area contributed by atoms with Crippen LogP contribution in [0.2, 0.25) is 0 Å². The second-order valence-electron chi connectivity index (χ2n) is 3.34. The molecule has 3 heteroatoms. The van der Waals surface area contributed by atoms with Crippen molar-refractivity contribution < 1.29 is 0 Å². The van der Waals surface area contributed by atoms with Crippen LogP contribution in [0.3, 0.4) is 0 Å². The van der Waals surface area contributed by atoms with Gasteiger partial charge in [-0.15, -0.1) is 11.3 Å². The van der Waals surface area contributed by atoms with Crippen LogP contribution < -0.4 is 5.73 Å². The average molecular weight is 198 g/mol. The molecular weight excluding hydrogens is 180 g/mol. The van der Waals surface area contributed by atoms with Gasteiger partial charge in [0.2, 0.25) is 0 Å². The predicted octanol–water partition coefficient (Wildman–Crippen LogP) is 2.29. The fourth-order valence-electron chi connectivity index (χ4n) is 1.27. The third-order valence-corrected chi connectivity index (χ3v) is 3.54. The third kappa shape index (κ3) is 2.78. The second-order valence-corrected chi connectivity index (χ2v) is 4.51. The van der Waals surface area contributed by atoms with E-state index in [1.54, 1.807) is 0 Å². The topological polar surface area (TPSA) is 38.9 Å². The quantitative estimate of drug-likeness (QED) is 0.806. The first kappa shape index (κ1) is 10.7. The molecule has 0 saturated carbocycles. The van der Waals surface area contributed by atoms with E-state index in [9.17, 15) is 0 Å². The van der Waals surface area contributed by atoms with Crippen LogP contribution in [0.1, 0.15) is 35.8 Å². The van der Waals surface area contributed by atoms with Gasteiger partial charge in [-0.05, 0) is 19.8 Å². The van der Waals surface area contributed by atoms with Gasteiger partial charge in [0.1, 0.15) is 0 Å². The lowest BCUT2D eigenvalue weighted by Crippen LogP contribution is -2.21. The van der Waals surface area contributed by atoms with Crippen molar-refractivity contribution >= 4 is 11.3 Å². The molecule has 0 amide bonds. The summed E-state index contributed by atoms with van der Waals surface area (Å²) in [6.07, 6.45) is 3.05. The van der Waals surface area contributed by atoms with Crippen LogP contribution in [0.4, 0.5) is 0 Å². The van der Waals surface area contributed by atoms with E-state index in [-0.39, 0.29) is 6.04 Å². The van der Waals surface area contributed by atoms with Crippen LogP contribution in [0.15, 0.2) is 0 Å². The molecule has 0 aliphatic heterocycles. The number of aromatic nitrogens is 1. The van der Waals surface area contributed by atoms with Crippen LogP contribution in [0, 0.1) is 6.92 Å². The lowest BCUT2D eigenvalue weighted by atomic mass is 10.2. The van der Waals surface area contributed by atoms with Gasteiger partial charge in [-0.2, -0.15) is 0 Å². The third-order valence-electron chi connectivity index (χ3n) is 2.22. The van der Waals surface area contributed by atoms with Gasteiger partial charge in [-0.1, -0.05) is 13.8 Å². The summed E-state index contributed by atoms with van der Waals surface area (Å²) in [5.41, 5.74) is 7.06. The van der Waals surface area contributed by atoms with Crippen molar-refractivity contribution in [2.75, 3.05) is 0 Å². The van der Waals surface area contributed by atoms with Crippen molar-refractivity contribution in [3.05, 3.63) is 15.6 Å². The maximum atomic E-state index is 5.87. The molecule has 0 aromatic carbocycles. The van der Waals surface area contributed by atoms with Crippen LogP contribution in [0.25, 0.3) is 0 Å². The standard InChI is InChI=1S/C10H18N2S/c1-4-8(11)6-10-12-7(3)9(5-2)13-10/h8H,4-6,11H2,1-3H3. The normalized spacial score (nSPS) is 13.2. The summed E-state index contributed by atoms with van der Waals surface area (Å²) in [4.78, 5) is 5.91. The monoisotopic (exact) mass is 198 g/mol.